The predicted octanol–water partition coefficient (Wildman–Crippen LogP) is 0.562. The van der Waals surface area contributed by atoms with Gasteiger partial charge in [0, 0.05) is 12.3 Å². The lowest BCUT2D eigenvalue weighted by molar-refractivity contribution is 0.391. The molecule has 2 unspecified atom stereocenters. The summed E-state index contributed by atoms with van der Waals surface area (Å²) in [5, 5.41) is 2.93. The van der Waals surface area contributed by atoms with Crippen molar-refractivity contribution in [2.24, 2.45) is 0 Å². The molecule has 72 valence electrons. The van der Waals surface area contributed by atoms with Crippen molar-refractivity contribution >= 4 is 9.84 Å². The lowest BCUT2D eigenvalue weighted by Crippen LogP contribution is -2.44. The van der Waals surface area contributed by atoms with E-state index in [1.165, 1.54) is 6.26 Å². The third-order valence-corrected chi connectivity index (χ3v) is 4.29. The molecular weight excluding hydrogens is 174 g/mol. The zero-order chi connectivity index (χ0) is 9.19. The van der Waals surface area contributed by atoms with Crippen molar-refractivity contribution in [3.63, 3.8) is 0 Å². The highest BCUT2D eigenvalue weighted by Gasteiger charge is 2.31. The molecule has 1 aliphatic carbocycles. The van der Waals surface area contributed by atoms with Crippen LogP contribution in [0, 0.1) is 0 Å². The van der Waals surface area contributed by atoms with E-state index in [4.69, 9.17) is 0 Å². The summed E-state index contributed by atoms with van der Waals surface area (Å²) in [6.45, 7) is 0. The summed E-state index contributed by atoms with van der Waals surface area (Å²) in [7, 11) is -1.01. The van der Waals surface area contributed by atoms with Gasteiger partial charge in [-0.3, -0.25) is 0 Å². The smallest absolute Gasteiger partial charge is 0.151 e. The molecule has 0 bridgehead atoms. The molecule has 2 atom stereocenters. The lowest BCUT2D eigenvalue weighted by atomic mass is 9.95. The van der Waals surface area contributed by atoms with Crippen LogP contribution in [0.5, 0.6) is 0 Å². The Labute approximate surface area is 74.5 Å². The van der Waals surface area contributed by atoms with E-state index in [1.54, 1.807) is 0 Å². The Kier molecular flexibility index (Phi) is 3.12. The second kappa shape index (κ2) is 3.75. The topological polar surface area (TPSA) is 46.2 Å². The molecule has 0 aromatic rings. The van der Waals surface area contributed by atoms with Gasteiger partial charge in [-0.1, -0.05) is 12.8 Å². The van der Waals surface area contributed by atoms with Crippen LogP contribution in [0.1, 0.15) is 25.7 Å². The summed E-state index contributed by atoms with van der Waals surface area (Å²) in [5.41, 5.74) is 0. The summed E-state index contributed by atoms with van der Waals surface area (Å²) in [6, 6.07) is 0.175. The van der Waals surface area contributed by atoms with E-state index in [9.17, 15) is 8.42 Å². The molecule has 1 saturated carbocycles. The normalized spacial score (nSPS) is 31.8. The highest BCUT2D eigenvalue weighted by atomic mass is 32.2. The second-order valence-electron chi connectivity index (χ2n) is 3.55. The molecule has 0 spiro atoms. The van der Waals surface area contributed by atoms with E-state index in [0.29, 0.717) is 0 Å². The van der Waals surface area contributed by atoms with Crippen LogP contribution in [0.2, 0.25) is 0 Å². The zero-order valence-corrected chi connectivity index (χ0v) is 8.52. The van der Waals surface area contributed by atoms with Crippen molar-refractivity contribution < 1.29 is 8.42 Å². The van der Waals surface area contributed by atoms with E-state index in [2.05, 4.69) is 5.32 Å². The maximum absolute atomic E-state index is 11.3. The summed E-state index contributed by atoms with van der Waals surface area (Å²) in [5.74, 6) is 0. The molecule has 3 nitrogen and oxygen atoms in total. The molecule has 1 aliphatic rings. The minimum absolute atomic E-state index is 0.156. The SMILES string of the molecule is CNC1CCCCC1S(C)(=O)=O. The Morgan fingerprint density at radius 2 is 1.83 bits per heavy atom. The predicted molar refractivity (Wildman–Crippen MR) is 49.9 cm³/mol. The quantitative estimate of drug-likeness (QED) is 0.694. The second-order valence-corrected chi connectivity index (χ2v) is 5.81. The average molecular weight is 191 g/mol. The van der Waals surface area contributed by atoms with E-state index in [-0.39, 0.29) is 11.3 Å². The van der Waals surface area contributed by atoms with Gasteiger partial charge in [0.2, 0.25) is 0 Å². The fourth-order valence-corrected chi connectivity index (χ4v) is 3.40. The van der Waals surface area contributed by atoms with Crippen molar-refractivity contribution in [2.45, 2.75) is 37.0 Å². The van der Waals surface area contributed by atoms with Crippen molar-refractivity contribution in [2.75, 3.05) is 13.3 Å². The molecule has 0 radical (unpaired) electrons. The van der Waals surface area contributed by atoms with Gasteiger partial charge in [0.1, 0.15) is 0 Å². The molecule has 12 heavy (non-hydrogen) atoms. The van der Waals surface area contributed by atoms with Gasteiger partial charge < -0.3 is 5.32 Å². The molecule has 1 fully saturated rings. The van der Waals surface area contributed by atoms with E-state index < -0.39 is 9.84 Å². The molecule has 0 aromatic heterocycles. The largest absolute Gasteiger partial charge is 0.316 e. The van der Waals surface area contributed by atoms with Gasteiger partial charge in [0.15, 0.2) is 9.84 Å². The standard InChI is InChI=1S/C8H17NO2S/c1-9-7-5-3-4-6-8(7)12(2,10)11/h7-9H,3-6H2,1-2H3. The average Bonchev–Trinajstić information content (AvgIpc) is 2.03. The van der Waals surface area contributed by atoms with Crippen LogP contribution in [0.15, 0.2) is 0 Å². The van der Waals surface area contributed by atoms with E-state index >= 15 is 0 Å². The Bertz CT molecular complexity index is 235. The van der Waals surface area contributed by atoms with Gasteiger partial charge in [-0.2, -0.15) is 0 Å². The van der Waals surface area contributed by atoms with Gasteiger partial charge in [-0.25, -0.2) is 8.42 Å². The monoisotopic (exact) mass is 191 g/mol. The van der Waals surface area contributed by atoms with Crippen molar-refractivity contribution in [3.05, 3.63) is 0 Å². The third kappa shape index (κ3) is 2.20. The van der Waals surface area contributed by atoms with E-state index in [0.717, 1.165) is 25.7 Å². The highest BCUT2D eigenvalue weighted by Crippen LogP contribution is 2.23. The molecule has 1 rings (SSSR count). The van der Waals surface area contributed by atoms with Crippen LogP contribution in [-0.4, -0.2) is 33.0 Å². The van der Waals surface area contributed by atoms with Crippen molar-refractivity contribution in [1.29, 1.82) is 0 Å². The van der Waals surface area contributed by atoms with Gasteiger partial charge in [0.05, 0.1) is 5.25 Å². The lowest BCUT2D eigenvalue weighted by Gasteiger charge is -2.29. The minimum Gasteiger partial charge on any atom is -0.316 e. The summed E-state index contributed by atoms with van der Waals surface area (Å²) in [4.78, 5) is 0. The number of hydrogen-bond acceptors (Lipinski definition) is 3. The first-order valence-electron chi connectivity index (χ1n) is 4.42. The molecule has 4 heteroatoms. The van der Waals surface area contributed by atoms with Crippen LogP contribution in [-0.2, 0) is 9.84 Å². The highest BCUT2D eigenvalue weighted by molar-refractivity contribution is 7.91. The fraction of sp³-hybridized carbons (Fsp3) is 1.00. The van der Waals surface area contributed by atoms with E-state index in [1.807, 2.05) is 7.05 Å². The van der Waals surface area contributed by atoms with Crippen molar-refractivity contribution in [3.8, 4) is 0 Å². The molecule has 1 N–H and O–H groups in total. The Balaban J connectivity index is 2.72. The first-order chi connectivity index (χ1) is 5.55. The summed E-state index contributed by atoms with van der Waals surface area (Å²) in [6.07, 6.45) is 5.36. The Hall–Kier alpha value is -0.0900. The van der Waals surface area contributed by atoms with Crippen LogP contribution in [0.4, 0.5) is 0 Å². The maximum atomic E-state index is 11.3. The van der Waals surface area contributed by atoms with Gasteiger partial charge in [0.25, 0.3) is 0 Å². The third-order valence-electron chi connectivity index (χ3n) is 2.62. The van der Waals surface area contributed by atoms with Gasteiger partial charge in [-0.15, -0.1) is 0 Å². The molecular formula is C8H17NO2S. The first-order valence-corrected chi connectivity index (χ1v) is 6.37. The summed E-state index contributed by atoms with van der Waals surface area (Å²) >= 11 is 0. The van der Waals surface area contributed by atoms with Crippen LogP contribution >= 0.6 is 0 Å². The zero-order valence-electron chi connectivity index (χ0n) is 7.71. The van der Waals surface area contributed by atoms with Crippen LogP contribution in [0.3, 0.4) is 0 Å². The van der Waals surface area contributed by atoms with Crippen LogP contribution < -0.4 is 5.32 Å². The molecule has 0 saturated heterocycles. The Morgan fingerprint density at radius 1 is 1.25 bits per heavy atom. The van der Waals surface area contributed by atoms with Gasteiger partial charge in [-0.05, 0) is 19.9 Å². The number of sulfone groups is 1. The number of hydrogen-bond donors (Lipinski definition) is 1. The molecule has 0 aromatic carbocycles. The fourth-order valence-electron chi connectivity index (χ4n) is 1.94. The molecule has 0 aliphatic heterocycles. The first kappa shape index (κ1) is 9.99. The van der Waals surface area contributed by atoms with Gasteiger partial charge >= 0.3 is 0 Å². The Morgan fingerprint density at radius 3 is 2.25 bits per heavy atom. The summed E-state index contributed by atoms with van der Waals surface area (Å²) < 4.78 is 22.6. The maximum Gasteiger partial charge on any atom is 0.151 e. The van der Waals surface area contributed by atoms with Crippen molar-refractivity contribution in [1.82, 2.24) is 5.32 Å². The molecule has 0 heterocycles. The number of rotatable bonds is 2. The number of nitrogens with one attached hydrogen (secondary N) is 1. The van der Waals surface area contributed by atoms with Crippen LogP contribution in [0.25, 0.3) is 0 Å². The molecule has 0 amide bonds. The minimum atomic E-state index is -2.85.